The number of amides is 1. The molecule has 1 N–H and O–H groups in total. The molecule has 0 radical (unpaired) electrons. The van der Waals surface area contributed by atoms with Crippen molar-refractivity contribution < 1.29 is 9.63 Å². The maximum absolute atomic E-state index is 12.0. The lowest BCUT2D eigenvalue weighted by atomic mass is 10.0. The summed E-state index contributed by atoms with van der Waals surface area (Å²) in [6.45, 7) is 7.56. The second-order valence-corrected chi connectivity index (χ2v) is 4.28. The van der Waals surface area contributed by atoms with Gasteiger partial charge >= 0.3 is 0 Å². The van der Waals surface area contributed by atoms with Crippen molar-refractivity contribution in [3.05, 3.63) is 0 Å². The number of hydroxylamine groups is 2. The fraction of sp³-hybridized carbons (Fsp3) is 0.900. The van der Waals surface area contributed by atoms with Gasteiger partial charge in [0.25, 0.3) is 5.91 Å². The summed E-state index contributed by atoms with van der Waals surface area (Å²) >= 11 is 0. The molecule has 0 atom stereocenters. The topological polar surface area (TPSA) is 44.8 Å². The van der Waals surface area contributed by atoms with E-state index in [4.69, 9.17) is 4.84 Å². The van der Waals surface area contributed by atoms with Crippen LogP contribution in [0.2, 0.25) is 0 Å². The van der Waals surface area contributed by atoms with Crippen molar-refractivity contribution in [2.75, 3.05) is 40.3 Å². The van der Waals surface area contributed by atoms with E-state index in [0.717, 1.165) is 26.2 Å². The van der Waals surface area contributed by atoms with E-state index in [9.17, 15) is 4.79 Å². The third kappa shape index (κ3) is 2.68. The number of hydrogen-bond donors (Lipinski definition) is 1. The second kappa shape index (κ2) is 4.92. The molecule has 0 aromatic rings. The number of piperazine rings is 1. The summed E-state index contributed by atoms with van der Waals surface area (Å²) in [5.74, 6) is -0.00750. The van der Waals surface area contributed by atoms with Gasteiger partial charge in [0.1, 0.15) is 0 Å². The SMILES string of the molecule is CON(C)C(=O)C(C)(C)N1CCNCC1. The summed E-state index contributed by atoms with van der Waals surface area (Å²) in [6, 6.07) is 0. The monoisotopic (exact) mass is 215 g/mol. The summed E-state index contributed by atoms with van der Waals surface area (Å²) in [6.07, 6.45) is 0. The normalized spacial score (nSPS) is 18.9. The Kier molecular flexibility index (Phi) is 4.07. The molecular formula is C10H21N3O2. The minimum absolute atomic E-state index is 0.00750. The number of hydrogen-bond acceptors (Lipinski definition) is 4. The van der Waals surface area contributed by atoms with E-state index in [-0.39, 0.29) is 5.91 Å². The Morgan fingerprint density at radius 1 is 1.40 bits per heavy atom. The predicted molar refractivity (Wildman–Crippen MR) is 58.3 cm³/mol. The van der Waals surface area contributed by atoms with Crippen molar-refractivity contribution in [1.29, 1.82) is 0 Å². The number of carbonyl (C=O) groups is 1. The standard InChI is InChI=1S/C10H21N3O2/c1-10(2,9(14)12(3)15-4)13-7-5-11-6-8-13/h11H,5-8H2,1-4H3. The molecule has 1 amide bonds. The van der Waals surface area contributed by atoms with Crippen molar-refractivity contribution in [1.82, 2.24) is 15.3 Å². The molecule has 1 aliphatic heterocycles. The van der Waals surface area contributed by atoms with Gasteiger partial charge in [-0.3, -0.25) is 14.5 Å². The number of nitrogens with one attached hydrogen (secondary N) is 1. The predicted octanol–water partition coefficient (Wildman–Crippen LogP) is -0.310. The number of carbonyl (C=O) groups excluding carboxylic acids is 1. The largest absolute Gasteiger partial charge is 0.314 e. The van der Waals surface area contributed by atoms with Crippen LogP contribution < -0.4 is 5.32 Å². The van der Waals surface area contributed by atoms with Crippen LogP contribution in [-0.2, 0) is 9.63 Å². The molecule has 0 unspecified atom stereocenters. The summed E-state index contributed by atoms with van der Waals surface area (Å²) in [4.78, 5) is 19.1. The summed E-state index contributed by atoms with van der Waals surface area (Å²) < 4.78 is 0. The Morgan fingerprint density at radius 3 is 2.40 bits per heavy atom. The molecule has 5 nitrogen and oxygen atoms in total. The van der Waals surface area contributed by atoms with Gasteiger partial charge in [0, 0.05) is 33.2 Å². The van der Waals surface area contributed by atoms with Gasteiger partial charge in [-0.05, 0) is 13.8 Å². The van der Waals surface area contributed by atoms with E-state index in [1.165, 1.54) is 12.2 Å². The Balaban J connectivity index is 2.66. The van der Waals surface area contributed by atoms with Crippen LogP contribution in [0.1, 0.15) is 13.8 Å². The fourth-order valence-corrected chi connectivity index (χ4v) is 1.83. The lowest BCUT2D eigenvalue weighted by molar-refractivity contribution is -0.180. The van der Waals surface area contributed by atoms with Gasteiger partial charge in [0.15, 0.2) is 0 Å². The van der Waals surface area contributed by atoms with E-state index in [1.807, 2.05) is 13.8 Å². The van der Waals surface area contributed by atoms with Gasteiger partial charge < -0.3 is 5.32 Å². The van der Waals surface area contributed by atoms with Gasteiger partial charge in [-0.25, -0.2) is 5.06 Å². The lowest BCUT2D eigenvalue weighted by Gasteiger charge is -2.41. The van der Waals surface area contributed by atoms with E-state index < -0.39 is 5.54 Å². The molecular weight excluding hydrogens is 194 g/mol. The zero-order valence-corrected chi connectivity index (χ0v) is 10.0. The first-order valence-corrected chi connectivity index (χ1v) is 5.28. The molecule has 0 bridgehead atoms. The van der Waals surface area contributed by atoms with Crippen molar-refractivity contribution >= 4 is 5.91 Å². The van der Waals surface area contributed by atoms with Crippen LogP contribution in [0.3, 0.4) is 0 Å². The van der Waals surface area contributed by atoms with E-state index >= 15 is 0 Å². The van der Waals surface area contributed by atoms with Crippen LogP contribution >= 0.6 is 0 Å². The fourth-order valence-electron chi connectivity index (χ4n) is 1.83. The van der Waals surface area contributed by atoms with E-state index in [1.54, 1.807) is 7.05 Å². The summed E-state index contributed by atoms with van der Waals surface area (Å²) in [5, 5.41) is 4.56. The molecule has 0 aromatic carbocycles. The minimum Gasteiger partial charge on any atom is -0.314 e. The molecule has 15 heavy (non-hydrogen) atoms. The zero-order chi connectivity index (χ0) is 11.5. The molecule has 1 fully saturated rings. The highest BCUT2D eigenvalue weighted by Crippen LogP contribution is 2.17. The van der Waals surface area contributed by atoms with Gasteiger partial charge in [-0.15, -0.1) is 0 Å². The molecule has 1 aliphatic rings. The molecule has 5 heteroatoms. The smallest absolute Gasteiger partial charge is 0.265 e. The van der Waals surface area contributed by atoms with E-state index in [0.29, 0.717) is 0 Å². The Bertz CT molecular complexity index is 225. The highest BCUT2D eigenvalue weighted by molar-refractivity contribution is 5.84. The third-order valence-corrected chi connectivity index (χ3v) is 2.99. The first-order valence-electron chi connectivity index (χ1n) is 5.28. The van der Waals surface area contributed by atoms with Crippen LogP contribution in [0.4, 0.5) is 0 Å². The van der Waals surface area contributed by atoms with E-state index in [2.05, 4.69) is 10.2 Å². The maximum Gasteiger partial charge on any atom is 0.265 e. The van der Waals surface area contributed by atoms with Crippen LogP contribution in [0.5, 0.6) is 0 Å². The van der Waals surface area contributed by atoms with Gasteiger partial charge in [-0.2, -0.15) is 0 Å². The molecule has 1 heterocycles. The van der Waals surface area contributed by atoms with Crippen molar-refractivity contribution in [2.45, 2.75) is 19.4 Å². The highest BCUT2D eigenvalue weighted by Gasteiger charge is 2.37. The third-order valence-electron chi connectivity index (χ3n) is 2.99. The summed E-state index contributed by atoms with van der Waals surface area (Å²) in [5.41, 5.74) is -0.493. The first kappa shape index (κ1) is 12.4. The second-order valence-electron chi connectivity index (χ2n) is 4.28. The molecule has 0 aliphatic carbocycles. The first-order chi connectivity index (χ1) is 7.00. The number of nitrogens with zero attached hydrogens (tertiary/aromatic N) is 2. The summed E-state index contributed by atoms with van der Waals surface area (Å²) in [7, 11) is 3.15. The number of likely N-dealkylation sites (N-methyl/N-ethyl adjacent to an activating group) is 1. The lowest BCUT2D eigenvalue weighted by Crippen LogP contribution is -2.60. The van der Waals surface area contributed by atoms with Crippen LogP contribution in [-0.4, -0.2) is 61.7 Å². The zero-order valence-electron chi connectivity index (χ0n) is 10.0. The van der Waals surface area contributed by atoms with Gasteiger partial charge in [-0.1, -0.05) is 0 Å². The molecule has 0 saturated carbocycles. The van der Waals surface area contributed by atoms with Crippen molar-refractivity contribution in [3.8, 4) is 0 Å². The maximum atomic E-state index is 12.0. The quantitative estimate of drug-likeness (QED) is 0.656. The Hall–Kier alpha value is -0.650. The molecule has 0 aromatic heterocycles. The Labute approximate surface area is 91.3 Å². The van der Waals surface area contributed by atoms with Crippen molar-refractivity contribution in [3.63, 3.8) is 0 Å². The number of rotatable bonds is 3. The Morgan fingerprint density at radius 2 is 1.93 bits per heavy atom. The van der Waals surface area contributed by atoms with Crippen LogP contribution in [0.25, 0.3) is 0 Å². The van der Waals surface area contributed by atoms with Crippen molar-refractivity contribution in [2.24, 2.45) is 0 Å². The van der Waals surface area contributed by atoms with Gasteiger partial charge in [0.2, 0.25) is 0 Å². The van der Waals surface area contributed by atoms with Crippen LogP contribution in [0.15, 0.2) is 0 Å². The average molecular weight is 215 g/mol. The minimum atomic E-state index is -0.493. The molecule has 0 spiro atoms. The molecule has 88 valence electrons. The molecule has 1 saturated heterocycles. The average Bonchev–Trinajstić information content (AvgIpc) is 2.28. The highest BCUT2D eigenvalue weighted by atomic mass is 16.7. The van der Waals surface area contributed by atoms with Gasteiger partial charge in [0.05, 0.1) is 12.6 Å². The molecule has 1 rings (SSSR count). The van der Waals surface area contributed by atoms with Crippen LogP contribution in [0, 0.1) is 0 Å².